The molecule has 0 unspecified atom stereocenters. The Labute approximate surface area is 194 Å². The topological polar surface area (TPSA) is 65.6 Å². The van der Waals surface area contributed by atoms with Crippen LogP contribution >= 0.6 is 11.6 Å². The van der Waals surface area contributed by atoms with Crippen LogP contribution in [0.25, 0.3) is 11.1 Å². The SMILES string of the molecule is CCCS(=O)(=O)c1[nH]c(N2CCN(c3ccccc3)CC2)c(-c2ccc(OC)cc2)c1Cl. The van der Waals surface area contributed by atoms with E-state index in [1.54, 1.807) is 7.11 Å². The molecule has 2 heterocycles. The van der Waals surface area contributed by atoms with Crippen LogP contribution < -0.4 is 14.5 Å². The number of hydrogen-bond donors (Lipinski definition) is 1. The smallest absolute Gasteiger partial charge is 0.195 e. The molecule has 8 heteroatoms. The number of anilines is 2. The quantitative estimate of drug-likeness (QED) is 0.531. The molecule has 1 saturated heterocycles. The molecule has 6 nitrogen and oxygen atoms in total. The van der Waals surface area contributed by atoms with Crippen LogP contribution in [0.15, 0.2) is 59.6 Å². The highest BCUT2D eigenvalue weighted by Gasteiger charge is 2.29. The molecule has 170 valence electrons. The van der Waals surface area contributed by atoms with Gasteiger partial charge in [-0.25, -0.2) is 8.42 Å². The second-order valence-corrected chi connectivity index (χ2v) is 10.3. The van der Waals surface area contributed by atoms with E-state index in [-0.39, 0.29) is 15.8 Å². The van der Waals surface area contributed by atoms with Crippen LogP contribution in [0, 0.1) is 0 Å². The first kappa shape index (κ1) is 22.6. The van der Waals surface area contributed by atoms with E-state index in [1.165, 1.54) is 5.69 Å². The summed E-state index contributed by atoms with van der Waals surface area (Å²) in [6.45, 7) is 5.02. The number of aromatic amines is 1. The Bertz CT molecular complexity index is 1150. The second-order valence-electron chi connectivity index (χ2n) is 7.85. The van der Waals surface area contributed by atoms with Crippen molar-refractivity contribution in [1.82, 2.24) is 4.98 Å². The molecule has 32 heavy (non-hydrogen) atoms. The average Bonchev–Trinajstić information content (AvgIpc) is 3.18. The summed E-state index contributed by atoms with van der Waals surface area (Å²) >= 11 is 6.72. The van der Waals surface area contributed by atoms with Gasteiger partial charge in [-0.05, 0) is 36.2 Å². The van der Waals surface area contributed by atoms with E-state index in [0.717, 1.165) is 48.9 Å². The number of rotatable bonds is 7. The molecule has 1 fully saturated rings. The number of aromatic nitrogens is 1. The fourth-order valence-corrected chi connectivity index (χ4v) is 6.08. The number of benzene rings is 2. The van der Waals surface area contributed by atoms with Crippen molar-refractivity contribution in [3.8, 4) is 16.9 Å². The Morgan fingerprint density at radius 3 is 2.19 bits per heavy atom. The number of sulfone groups is 1. The molecule has 2 aromatic carbocycles. The van der Waals surface area contributed by atoms with Crippen LogP contribution in [-0.4, -0.2) is 52.4 Å². The summed E-state index contributed by atoms with van der Waals surface area (Å²) in [5.74, 6) is 1.54. The van der Waals surface area contributed by atoms with Gasteiger partial charge in [0.25, 0.3) is 0 Å². The second kappa shape index (κ2) is 9.46. The lowest BCUT2D eigenvalue weighted by Gasteiger charge is -2.37. The Morgan fingerprint density at radius 2 is 1.59 bits per heavy atom. The van der Waals surface area contributed by atoms with Gasteiger partial charge in [0.15, 0.2) is 14.9 Å². The molecular formula is C24H28ClN3O3S. The van der Waals surface area contributed by atoms with E-state index in [4.69, 9.17) is 16.3 Å². The molecule has 1 aliphatic heterocycles. The zero-order valence-corrected chi connectivity index (χ0v) is 19.9. The van der Waals surface area contributed by atoms with Crippen LogP contribution in [0.5, 0.6) is 5.75 Å². The molecule has 0 atom stereocenters. The number of halogens is 1. The number of H-pyrrole nitrogens is 1. The summed E-state index contributed by atoms with van der Waals surface area (Å²) in [5.41, 5.74) is 2.76. The average molecular weight is 474 g/mol. The van der Waals surface area contributed by atoms with Crippen molar-refractivity contribution in [3.63, 3.8) is 0 Å². The van der Waals surface area contributed by atoms with Gasteiger partial charge in [-0.2, -0.15) is 0 Å². The normalized spacial score (nSPS) is 14.6. The van der Waals surface area contributed by atoms with Crippen molar-refractivity contribution in [2.45, 2.75) is 18.4 Å². The number of methoxy groups -OCH3 is 1. The molecule has 4 rings (SSSR count). The van der Waals surface area contributed by atoms with Crippen molar-refractivity contribution >= 4 is 32.9 Å². The van der Waals surface area contributed by atoms with Crippen LogP contribution in [0.4, 0.5) is 11.5 Å². The number of ether oxygens (including phenoxy) is 1. The van der Waals surface area contributed by atoms with Crippen LogP contribution in [-0.2, 0) is 9.84 Å². The van der Waals surface area contributed by atoms with Crippen molar-refractivity contribution in [2.24, 2.45) is 0 Å². The van der Waals surface area contributed by atoms with Gasteiger partial charge in [0.05, 0.1) is 17.9 Å². The van der Waals surface area contributed by atoms with E-state index >= 15 is 0 Å². The predicted molar refractivity (Wildman–Crippen MR) is 131 cm³/mol. The molecule has 1 aliphatic rings. The lowest BCUT2D eigenvalue weighted by molar-refractivity contribution is 0.415. The highest BCUT2D eigenvalue weighted by atomic mass is 35.5. The van der Waals surface area contributed by atoms with Gasteiger partial charge >= 0.3 is 0 Å². The van der Waals surface area contributed by atoms with E-state index in [2.05, 4.69) is 26.9 Å². The van der Waals surface area contributed by atoms with Crippen LogP contribution in [0.1, 0.15) is 13.3 Å². The molecule has 3 aromatic rings. The minimum absolute atomic E-state index is 0.0521. The minimum Gasteiger partial charge on any atom is -0.497 e. The molecule has 1 N–H and O–H groups in total. The minimum atomic E-state index is -3.51. The Hall–Kier alpha value is -2.64. The fourth-order valence-electron chi connectivity index (χ4n) is 4.11. The zero-order chi connectivity index (χ0) is 22.7. The van der Waals surface area contributed by atoms with Gasteiger partial charge in [0.2, 0.25) is 0 Å². The number of hydrogen-bond acceptors (Lipinski definition) is 5. The monoisotopic (exact) mass is 473 g/mol. The molecule has 0 spiro atoms. The number of piperazine rings is 1. The summed E-state index contributed by atoms with van der Waals surface area (Å²) < 4.78 is 31.1. The standard InChI is InChI=1S/C24H28ClN3O3S/c1-3-17-32(29,30)24-22(25)21(18-9-11-20(31-2)12-10-18)23(26-24)28-15-13-27(14-16-28)19-7-5-4-6-8-19/h4-12,26H,3,13-17H2,1-2H3. The van der Waals surface area contributed by atoms with Gasteiger partial charge in [-0.1, -0.05) is 48.9 Å². The molecule has 1 aromatic heterocycles. The van der Waals surface area contributed by atoms with Crippen molar-refractivity contribution in [2.75, 3.05) is 48.8 Å². The summed E-state index contributed by atoms with van der Waals surface area (Å²) in [4.78, 5) is 7.71. The molecular weight excluding hydrogens is 446 g/mol. The molecule has 0 amide bonds. The van der Waals surface area contributed by atoms with Crippen LogP contribution in [0.3, 0.4) is 0 Å². The van der Waals surface area contributed by atoms with Gasteiger partial charge in [0.1, 0.15) is 11.6 Å². The van der Waals surface area contributed by atoms with Gasteiger partial charge in [0, 0.05) is 37.4 Å². The molecule has 0 saturated carbocycles. The van der Waals surface area contributed by atoms with E-state index in [9.17, 15) is 8.42 Å². The maximum atomic E-state index is 12.9. The molecule has 0 radical (unpaired) electrons. The van der Waals surface area contributed by atoms with Crippen molar-refractivity contribution in [3.05, 3.63) is 59.6 Å². The maximum absolute atomic E-state index is 12.9. The van der Waals surface area contributed by atoms with Gasteiger partial charge < -0.3 is 19.5 Å². The first-order valence-electron chi connectivity index (χ1n) is 10.8. The van der Waals surface area contributed by atoms with Crippen LogP contribution in [0.2, 0.25) is 5.02 Å². The summed E-state index contributed by atoms with van der Waals surface area (Å²) in [5, 5.41) is 0.358. The van der Waals surface area contributed by atoms with E-state index in [1.807, 2.05) is 49.4 Å². The van der Waals surface area contributed by atoms with E-state index in [0.29, 0.717) is 6.42 Å². The first-order chi connectivity index (χ1) is 15.4. The summed E-state index contributed by atoms with van der Waals surface area (Å²) in [7, 11) is -1.89. The van der Waals surface area contributed by atoms with E-state index < -0.39 is 9.84 Å². The lowest BCUT2D eigenvalue weighted by Crippen LogP contribution is -2.46. The first-order valence-corrected chi connectivity index (χ1v) is 12.8. The highest BCUT2D eigenvalue weighted by Crippen LogP contribution is 2.42. The Balaban J connectivity index is 1.70. The fraction of sp³-hybridized carbons (Fsp3) is 0.333. The number of para-hydroxylation sites is 1. The Kier molecular flexibility index (Phi) is 6.67. The Morgan fingerprint density at radius 1 is 0.969 bits per heavy atom. The molecule has 0 aliphatic carbocycles. The third-order valence-corrected chi connectivity index (χ3v) is 8.13. The number of nitrogens with one attached hydrogen (secondary N) is 1. The third-order valence-electron chi connectivity index (χ3n) is 5.77. The maximum Gasteiger partial charge on any atom is 0.195 e. The van der Waals surface area contributed by atoms with Gasteiger partial charge in [-0.15, -0.1) is 0 Å². The molecule has 0 bridgehead atoms. The highest BCUT2D eigenvalue weighted by molar-refractivity contribution is 7.91. The van der Waals surface area contributed by atoms with Gasteiger partial charge in [-0.3, -0.25) is 0 Å². The number of nitrogens with zero attached hydrogens (tertiary/aromatic N) is 2. The summed E-state index contributed by atoms with van der Waals surface area (Å²) in [6, 6.07) is 17.9. The third kappa shape index (κ3) is 4.45. The largest absolute Gasteiger partial charge is 0.497 e. The zero-order valence-electron chi connectivity index (χ0n) is 18.3. The summed E-state index contributed by atoms with van der Waals surface area (Å²) in [6.07, 6.45) is 0.528. The van der Waals surface area contributed by atoms with Crippen molar-refractivity contribution < 1.29 is 13.2 Å². The van der Waals surface area contributed by atoms with Crippen molar-refractivity contribution in [1.29, 1.82) is 0 Å². The predicted octanol–water partition coefficient (Wildman–Crippen LogP) is 4.85. The lowest BCUT2D eigenvalue weighted by atomic mass is 10.1.